The van der Waals surface area contributed by atoms with Gasteiger partial charge in [0.05, 0.1) is 0 Å². The molecule has 0 aromatic heterocycles. The number of carbonyl (C=O) groups is 1. The van der Waals surface area contributed by atoms with Crippen LogP contribution >= 0.6 is 46.4 Å². The summed E-state index contributed by atoms with van der Waals surface area (Å²) in [7, 11) is 0. The number of aliphatic carboxylic acids is 1. The average Bonchev–Trinajstić information content (AvgIpc) is 3.01. The van der Waals surface area contributed by atoms with E-state index in [1.165, 1.54) is 0 Å². The molecule has 44 heavy (non-hydrogen) atoms. The van der Waals surface area contributed by atoms with Gasteiger partial charge in [0.15, 0.2) is 6.61 Å². The number of ether oxygens (including phenoxy) is 2. The van der Waals surface area contributed by atoms with E-state index >= 15 is 0 Å². The van der Waals surface area contributed by atoms with Crippen molar-refractivity contribution < 1.29 is 19.4 Å². The molecule has 0 atom stereocenters. The standard InChI is InChI=1S/C36H26Cl4O4/c1-22-18-29(12-15-35(22)44-21-36(41)42)43-17-16-30(23-2-6-25(7-3-23)31-19-27(37)10-13-33(31)39)24-4-8-26(9-5-24)32-20-28(38)11-14-34(32)40/h2-16,18-20H,17,21H2,1H3,(H,41,42). The maximum Gasteiger partial charge on any atom is 0.341 e. The summed E-state index contributed by atoms with van der Waals surface area (Å²) in [6.45, 7) is 1.72. The highest BCUT2D eigenvalue weighted by Gasteiger charge is 2.11. The minimum atomic E-state index is -1.03. The fourth-order valence-corrected chi connectivity index (χ4v) is 5.53. The van der Waals surface area contributed by atoms with Crippen LogP contribution in [0.15, 0.2) is 109 Å². The van der Waals surface area contributed by atoms with Gasteiger partial charge in [0, 0.05) is 31.2 Å². The molecule has 222 valence electrons. The van der Waals surface area contributed by atoms with Gasteiger partial charge in [-0.25, -0.2) is 4.79 Å². The molecule has 0 bridgehead atoms. The smallest absolute Gasteiger partial charge is 0.341 e. The van der Waals surface area contributed by atoms with E-state index in [0.717, 1.165) is 44.5 Å². The fraction of sp³-hybridized carbons (Fsp3) is 0.0833. The molecule has 0 aliphatic rings. The Kier molecular flexibility index (Phi) is 10.2. The number of carboxylic acids is 1. The molecule has 0 saturated carbocycles. The monoisotopic (exact) mass is 662 g/mol. The zero-order chi connectivity index (χ0) is 31.2. The number of aryl methyl sites for hydroxylation is 1. The quantitative estimate of drug-likeness (QED) is 0.161. The molecule has 4 nitrogen and oxygen atoms in total. The summed E-state index contributed by atoms with van der Waals surface area (Å²) >= 11 is 25.4. The normalized spacial score (nSPS) is 10.8. The van der Waals surface area contributed by atoms with Gasteiger partial charge in [-0.3, -0.25) is 0 Å². The third-order valence-electron chi connectivity index (χ3n) is 6.91. The highest BCUT2D eigenvalue weighted by molar-refractivity contribution is 6.36. The van der Waals surface area contributed by atoms with Gasteiger partial charge in [-0.15, -0.1) is 0 Å². The van der Waals surface area contributed by atoms with Crippen molar-refractivity contribution in [2.75, 3.05) is 13.2 Å². The van der Waals surface area contributed by atoms with E-state index in [-0.39, 0.29) is 6.61 Å². The lowest BCUT2D eigenvalue weighted by atomic mass is 9.94. The van der Waals surface area contributed by atoms with Crippen LogP contribution in [0, 0.1) is 6.92 Å². The lowest BCUT2D eigenvalue weighted by Crippen LogP contribution is -2.10. The fourth-order valence-electron chi connectivity index (χ4n) is 4.73. The van der Waals surface area contributed by atoms with Crippen LogP contribution in [0.25, 0.3) is 27.8 Å². The molecule has 0 aliphatic heterocycles. The summed E-state index contributed by atoms with van der Waals surface area (Å²) in [5.74, 6) is 0.100. The average molecular weight is 664 g/mol. The first-order valence-electron chi connectivity index (χ1n) is 13.6. The number of benzene rings is 5. The first-order valence-corrected chi connectivity index (χ1v) is 15.1. The van der Waals surface area contributed by atoms with Crippen molar-refractivity contribution in [3.63, 3.8) is 0 Å². The molecular weight excluding hydrogens is 638 g/mol. The van der Waals surface area contributed by atoms with Gasteiger partial charge in [-0.2, -0.15) is 0 Å². The van der Waals surface area contributed by atoms with Crippen molar-refractivity contribution in [2.24, 2.45) is 0 Å². The van der Waals surface area contributed by atoms with Crippen LogP contribution in [0.2, 0.25) is 20.1 Å². The Bertz CT molecular complexity index is 1730. The summed E-state index contributed by atoms with van der Waals surface area (Å²) in [4.78, 5) is 10.8. The molecule has 0 heterocycles. The lowest BCUT2D eigenvalue weighted by Gasteiger charge is -2.13. The maximum atomic E-state index is 10.8. The number of hydrogen-bond donors (Lipinski definition) is 1. The molecule has 5 rings (SSSR count). The third kappa shape index (κ3) is 7.77. The molecule has 0 spiro atoms. The molecule has 0 amide bonds. The zero-order valence-electron chi connectivity index (χ0n) is 23.5. The molecule has 8 heteroatoms. The van der Waals surface area contributed by atoms with Crippen LogP contribution in [0.3, 0.4) is 0 Å². The predicted molar refractivity (Wildman–Crippen MR) is 181 cm³/mol. The molecule has 0 saturated heterocycles. The zero-order valence-corrected chi connectivity index (χ0v) is 26.5. The Hall–Kier alpha value is -3.93. The Balaban J connectivity index is 1.44. The Labute approximate surface area is 276 Å². The van der Waals surface area contributed by atoms with Crippen molar-refractivity contribution >= 4 is 57.9 Å². The van der Waals surface area contributed by atoms with Crippen LogP contribution < -0.4 is 9.47 Å². The topological polar surface area (TPSA) is 55.8 Å². The molecule has 0 aliphatic carbocycles. The summed E-state index contributed by atoms with van der Waals surface area (Å²) in [6.07, 6.45) is 2.02. The molecule has 5 aromatic carbocycles. The highest BCUT2D eigenvalue weighted by atomic mass is 35.5. The number of carboxylic acid groups (broad SMARTS) is 1. The van der Waals surface area contributed by atoms with Gasteiger partial charge in [0.25, 0.3) is 0 Å². The van der Waals surface area contributed by atoms with E-state index in [9.17, 15) is 4.79 Å². The predicted octanol–water partition coefficient (Wildman–Crippen LogP) is 10.9. The number of halogens is 4. The second-order valence-corrected chi connectivity index (χ2v) is 11.6. The minimum absolute atomic E-state index is 0.286. The van der Waals surface area contributed by atoms with Crippen LogP contribution in [0.1, 0.15) is 16.7 Å². The number of hydrogen-bond acceptors (Lipinski definition) is 3. The maximum absolute atomic E-state index is 10.8. The first kappa shape index (κ1) is 31.5. The van der Waals surface area contributed by atoms with Gasteiger partial charge in [0.1, 0.15) is 18.1 Å². The van der Waals surface area contributed by atoms with E-state index in [2.05, 4.69) is 0 Å². The molecule has 5 aromatic rings. The first-order chi connectivity index (χ1) is 21.2. The van der Waals surface area contributed by atoms with Crippen molar-refractivity contribution in [3.8, 4) is 33.8 Å². The third-order valence-corrected chi connectivity index (χ3v) is 8.04. The SMILES string of the molecule is Cc1cc(OCC=C(c2ccc(-c3cc(Cl)ccc3Cl)cc2)c2ccc(-c3cc(Cl)ccc3Cl)cc2)ccc1OCC(=O)O. The van der Waals surface area contributed by atoms with Crippen molar-refractivity contribution in [1.82, 2.24) is 0 Å². The van der Waals surface area contributed by atoms with Crippen LogP contribution in [-0.2, 0) is 4.79 Å². The molecule has 0 fully saturated rings. The van der Waals surface area contributed by atoms with Gasteiger partial charge >= 0.3 is 5.97 Å². The van der Waals surface area contributed by atoms with Gasteiger partial charge < -0.3 is 14.6 Å². The van der Waals surface area contributed by atoms with E-state index in [4.69, 9.17) is 61.0 Å². The molecule has 0 radical (unpaired) electrons. The summed E-state index contributed by atoms with van der Waals surface area (Å²) in [5, 5.41) is 11.4. The van der Waals surface area contributed by atoms with Crippen molar-refractivity contribution in [3.05, 3.63) is 146 Å². The largest absolute Gasteiger partial charge is 0.489 e. The Morgan fingerprint density at radius 2 is 1.20 bits per heavy atom. The van der Waals surface area contributed by atoms with Gasteiger partial charge in [-0.1, -0.05) is 94.9 Å². The van der Waals surface area contributed by atoms with Crippen molar-refractivity contribution in [2.45, 2.75) is 6.92 Å². The van der Waals surface area contributed by atoms with E-state index in [1.807, 2.05) is 79.7 Å². The second kappa shape index (κ2) is 14.2. The Morgan fingerprint density at radius 3 is 1.68 bits per heavy atom. The summed E-state index contributed by atoms with van der Waals surface area (Å²) in [5.41, 5.74) is 7.32. The van der Waals surface area contributed by atoms with Crippen LogP contribution in [0.4, 0.5) is 0 Å². The summed E-state index contributed by atoms with van der Waals surface area (Å²) < 4.78 is 11.4. The van der Waals surface area contributed by atoms with Gasteiger partial charge in [0.2, 0.25) is 0 Å². The highest BCUT2D eigenvalue weighted by Crippen LogP contribution is 2.35. The molecule has 1 N–H and O–H groups in total. The molecular formula is C36H26Cl4O4. The van der Waals surface area contributed by atoms with E-state index in [1.54, 1.807) is 36.4 Å². The van der Waals surface area contributed by atoms with E-state index < -0.39 is 12.6 Å². The second-order valence-electron chi connectivity index (χ2n) is 9.94. The number of rotatable bonds is 10. The molecule has 0 unspecified atom stereocenters. The van der Waals surface area contributed by atoms with Gasteiger partial charge in [-0.05, 0) is 101 Å². The van der Waals surface area contributed by atoms with E-state index in [0.29, 0.717) is 31.6 Å². The minimum Gasteiger partial charge on any atom is -0.489 e. The van der Waals surface area contributed by atoms with Crippen LogP contribution in [0.5, 0.6) is 11.5 Å². The lowest BCUT2D eigenvalue weighted by molar-refractivity contribution is -0.139. The Morgan fingerprint density at radius 1 is 0.682 bits per heavy atom. The van der Waals surface area contributed by atoms with Crippen molar-refractivity contribution in [1.29, 1.82) is 0 Å². The van der Waals surface area contributed by atoms with Crippen LogP contribution in [-0.4, -0.2) is 24.3 Å². The summed E-state index contributed by atoms with van der Waals surface area (Å²) in [6, 6.07) is 32.3.